The first kappa shape index (κ1) is 15.3. The van der Waals surface area contributed by atoms with E-state index in [1.54, 1.807) is 18.2 Å². The van der Waals surface area contributed by atoms with Gasteiger partial charge in [0, 0.05) is 12.1 Å². The molecule has 0 spiro atoms. The number of halogens is 2. The van der Waals surface area contributed by atoms with Crippen molar-refractivity contribution in [3.05, 3.63) is 58.7 Å². The van der Waals surface area contributed by atoms with Crippen LogP contribution >= 0.6 is 0 Å². The summed E-state index contributed by atoms with van der Waals surface area (Å²) in [4.78, 5) is 13.7. The lowest BCUT2D eigenvalue weighted by Crippen LogP contribution is -2.23. The number of hydrogen-bond acceptors (Lipinski definition) is 3. The maximum Gasteiger partial charge on any atom is 0.257 e. The Morgan fingerprint density at radius 1 is 1.04 bits per heavy atom. The Labute approximate surface area is 132 Å². The van der Waals surface area contributed by atoms with Crippen molar-refractivity contribution in [2.24, 2.45) is 0 Å². The molecule has 0 N–H and O–H groups in total. The summed E-state index contributed by atoms with van der Waals surface area (Å²) in [5.41, 5.74) is 0.713. The monoisotopic (exact) mass is 319 g/mol. The molecule has 0 radical (unpaired) electrons. The zero-order valence-electron chi connectivity index (χ0n) is 12.7. The molecular formula is C17H15F2NO3. The Kier molecular flexibility index (Phi) is 3.90. The second-order valence-electron chi connectivity index (χ2n) is 5.23. The summed E-state index contributed by atoms with van der Waals surface area (Å²) in [5, 5.41) is 0. The molecule has 2 aromatic carbocycles. The van der Waals surface area contributed by atoms with E-state index in [-0.39, 0.29) is 24.2 Å². The van der Waals surface area contributed by atoms with Crippen molar-refractivity contribution in [2.75, 3.05) is 14.2 Å². The molecule has 0 fully saturated rings. The lowest BCUT2D eigenvalue weighted by atomic mass is 10.1. The zero-order valence-corrected chi connectivity index (χ0v) is 12.7. The van der Waals surface area contributed by atoms with Crippen molar-refractivity contribution < 1.29 is 23.0 Å². The third-order valence-electron chi connectivity index (χ3n) is 3.88. The third kappa shape index (κ3) is 2.60. The van der Waals surface area contributed by atoms with Crippen LogP contribution in [-0.2, 0) is 13.1 Å². The van der Waals surface area contributed by atoms with Crippen LogP contribution < -0.4 is 9.47 Å². The van der Waals surface area contributed by atoms with Crippen LogP contribution in [0.1, 0.15) is 21.5 Å². The van der Waals surface area contributed by atoms with Gasteiger partial charge in [0.1, 0.15) is 11.6 Å². The van der Waals surface area contributed by atoms with E-state index in [1.807, 2.05) is 0 Å². The normalized spacial score (nSPS) is 13.2. The first-order valence-corrected chi connectivity index (χ1v) is 7.02. The summed E-state index contributed by atoms with van der Waals surface area (Å²) < 4.78 is 38.0. The molecule has 1 heterocycles. The van der Waals surface area contributed by atoms with Gasteiger partial charge in [0.25, 0.3) is 5.91 Å². The Hall–Kier alpha value is -2.63. The summed E-state index contributed by atoms with van der Waals surface area (Å²) in [5.74, 6) is -0.659. The summed E-state index contributed by atoms with van der Waals surface area (Å²) in [6.07, 6.45) is 0. The topological polar surface area (TPSA) is 38.8 Å². The molecule has 3 rings (SSSR count). The minimum absolute atomic E-state index is 0.0477. The van der Waals surface area contributed by atoms with E-state index >= 15 is 0 Å². The number of carbonyl (C=O) groups excluding carboxylic acids is 1. The van der Waals surface area contributed by atoms with Crippen LogP contribution in [0.15, 0.2) is 30.3 Å². The second-order valence-corrected chi connectivity index (χ2v) is 5.23. The quantitative estimate of drug-likeness (QED) is 0.869. The van der Waals surface area contributed by atoms with Gasteiger partial charge in [-0.2, -0.15) is 0 Å². The van der Waals surface area contributed by atoms with Crippen LogP contribution in [-0.4, -0.2) is 25.0 Å². The molecule has 0 aromatic heterocycles. The molecule has 1 aliphatic heterocycles. The minimum Gasteiger partial charge on any atom is -0.493 e. The Balaban J connectivity index is 1.87. The van der Waals surface area contributed by atoms with Crippen LogP contribution in [0.25, 0.3) is 0 Å². The number of methoxy groups -OCH3 is 2. The van der Waals surface area contributed by atoms with E-state index in [0.717, 1.165) is 17.7 Å². The van der Waals surface area contributed by atoms with Gasteiger partial charge in [0.05, 0.1) is 26.3 Å². The van der Waals surface area contributed by atoms with Crippen molar-refractivity contribution in [1.82, 2.24) is 4.90 Å². The molecule has 23 heavy (non-hydrogen) atoms. The van der Waals surface area contributed by atoms with Crippen LogP contribution in [0.5, 0.6) is 11.5 Å². The maximum atomic E-state index is 13.8. The molecule has 2 aromatic rings. The highest BCUT2D eigenvalue weighted by atomic mass is 19.1. The Bertz CT molecular complexity index is 777. The third-order valence-corrected chi connectivity index (χ3v) is 3.88. The molecule has 6 heteroatoms. The highest BCUT2D eigenvalue weighted by Crippen LogP contribution is 2.31. The van der Waals surface area contributed by atoms with Gasteiger partial charge in [0.15, 0.2) is 11.5 Å². The van der Waals surface area contributed by atoms with E-state index in [9.17, 15) is 13.6 Å². The number of ether oxygens (including phenoxy) is 2. The summed E-state index contributed by atoms with van der Waals surface area (Å²) in [7, 11) is 3.05. The second kappa shape index (κ2) is 5.87. The van der Waals surface area contributed by atoms with Crippen molar-refractivity contribution in [3.8, 4) is 11.5 Å². The fourth-order valence-corrected chi connectivity index (χ4v) is 2.73. The number of nitrogens with zero attached hydrogens (tertiary/aromatic N) is 1. The van der Waals surface area contributed by atoms with Gasteiger partial charge in [0.2, 0.25) is 0 Å². The molecule has 0 atom stereocenters. The number of amides is 1. The van der Waals surface area contributed by atoms with Crippen LogP contribution in [0.2, 0.25) is 0 Å². The van der Waals surface area contributed by atoms with Crippen LogP contribution in [0, 0.1) is 11.6 Å². The van der Waals surface area contributed by atoms with Crippen molar-refractivity contribution in [2.45, 2.75) is 13.1 Å². The van der Waals surface area contributed by atoms with Crippen molar-refractivity contribution >= 4 is 5.91 Å². The smallest absolute Gasteiger partial charge is 0.257 e. The number of rotatable bonds is 4. The van der Waals surface area contributed by atoms with Gasteiger partial charge < -0.3 is 14.4 Å². The first-order valence-electron chi connectivity index (χ1n) is 7.02. The van der Waals surface area contributed by atoms with E-state index in [4.69, 9.17) is 9.47 Å². The number of carbonyl (C=O) groups is 1. The summed E-state index contributed by atoms with van der Waals surface area (Å²) >= 11 is 0. The number of benzene rings is 2. The van der Waals surface area contributed by atoms with Gasteiger partial charge in [-0.05, 0) is 29.8 Å². The largest absolute Gasteiger partial charge is 0.493 e. The van der Waals surface area contributed by atoms with Crippen LogP contribution in [0.3, 0.4) is 0 Å². The number of hydrogen-bond donors (Lipinski definition) is 0. The van der Waals surface area contributed by atoms with Gasteiger partial charge in [-0.25, -0.2) is 8.78 Å². The molecule has 0 bridgehead atoms. The van der Waals surface area contributed by atoms with E-state index in [2.05, 4.69) is 0 Å². The van der Waals surface area contributed by atoms with E-state index in [1.165, 1.54) is 19.1 Å². The van der Waals surface area contributed by atoms with Gasteiger partial charge in [-0.3, -0.25) is 4.79 Å². The van der Waals surface area contributed by atoms with Gasteiger partial charge in [-0.1, -0.05) is 6.07 Å². The van der Waals surface area contributed by atoms with Crippen molar-refractivity contribution in [3.63, 3.8) is 0 Å². The standard InChI is InChI=1S/C17H15F2NO3/c1-22-14-6-3-10(7-15(14)23-2)8-20-9-11-12(18)4-5-13(19)16(11)17(20)21/h3-7H,8-9H2,1-2H3. The first-order chi connectivity index (χ1) is 11.0. The predicted octanol–water partition coefficient (Wildman–Crippen LogP) is 3.14. The number of fused-ring (bicyclic) bond motifs is 1. The molecule has 0 saturated heterocycles. The molecule has 120 valence electrons. The average molecular weight is 319 g/mol. The predicted molar refractivity (Wildman–Crippen MR) is 79.5 cm³/mol. The molecule has 4 nitrogen and oxygen atoms in total. The molecule has 1 aliphatic rings. The SMILES string of the molecule is COc1ccc(CN2Cc3c(F)ccc(F)c3C2=O)cc1OC. The van der Waals surface area contributed by atoms with E-state index < -0.39 is 17.5 Å². The maximum absolute atomic E-state index is 13.8. The van der Waals surface area contributed by atoms with Crippen molar-refractivity contribution in [1.29, 1.82) is 0 Å². The highest BCUT2D eigenvalue weighted by Gasteiger charge is 2.32. The van der Waals surface area contributed by atoms with E-state index in [0.29, 0.717) is 11.5 Å². The average Bonchev–Trinajstić information content (AvgIpc) is 2.89. The minimum atomic E-state index is -0.693. The van der Waals surface area contributed by atoms with Gasteiger partial charge in [-0.15, -0.1) is 0 Å². The molecule has 0 unspecified atom stereocenters. The lowest BCUT2D eigenvalue weighted by Gasteiger charge is -2.17. The Morgan fingerprint density at radius 3 is 2.39 bits per heavy atom. The van der Waals surface area contributed by atoms with Gasteiger partial charge >= 0.3 is 0 Å². The molecule has 1 amide bonds. The summed E-state index contributed by atoms with van der Waals surface area (Å²) in [6, 6.07) is 7.27. The van der Waals surface area contributed by atoms with Crippen LogP contribution in [0.4, 0.5) is 8.78 Å². The summed E-state index contributed by atoms with van der Waals surface area (Å²) in [6.45, 7) is 0.277. The Morgan fingerprint density at radius 2 is 1.74 bits per heavy atom. The lowest BCUT2D eigenvalue weighted by molar-refractivity contribution is 0.0763. The fraction of sp³-hybridized carbons (Fsp3) is 0.235. The molecule has 0 saturated carbocycles. The zero-order chi connectivity index (χ0) is 16.6. The molecule has 0 aliphatic carbocycles. The fourth-order valence-electron chi connectivity index (χ4n) is 2.73. The molecular weight excluding hydrogens is 304 g/mol. The highest BCUT2D eigenvalue weighted by molar-refractivity contribution is 5.98.